The number of aromatic nitrogens is 2. The lowest BCUT2D eigenvalue weighted by Gasteiger charge is -2.11. The van der Waals surface area contributed by atoms with Gasteiger partial charge in [-0.25, -0.2) is 0 Å². The van der Waals surface area contributed by atoms with Gasteiger partial charge < -0.3 is 10.1 Å². The fourth-order valence-corrected chi connectivity index (χ4v) is 2.49. The van der Waals surface area contributed by atoms with E-state index < -0.39 is 0 Å². The van der Waals surface area contributed by atoms with Crippen molar-refractivity contribution in [2.45, 2.75) is 20.4 Å². The van der Waals surface area contributed by atoms with Crippen molar-refractivity contribution in [2.24, 2.45) is 0 Å². The van der Waals surface area contributed by atoms with Crippen molar-refractivity contribution in [3.05, 3.63) is 38.2 Å². The first kappa shape index (κ1) is 16.1. The van der Waals surface area contributed by atoms with Gasteiger partial charge in [-0.3, -0.25) is 9.48 Å². The Labute approximate surface area is 141 Å². The number of anilines is 1. The van der Waals surface area contributed by atoms with Gasteiger partial charge in [0, 0.05) is 10.7 Å². The maximum Gasteiger partial charge on any atom is 0.246 e. The number of methoxy groups -OCH3 is 1. The van der Waals surface area contributed by atoms with Gasteiger partial charge in [-0.2, -0.15) is 5.10 Å². The second-order valence-corrected chi connectivity index (χ2v) is 6.05. The molecule has 5 nitrogen and oxygen atoms in total. The Morgan fingerprint density at radius 2 is 2.19 bits per heavy atom. The molecule has 1 aromatic carbocycles. The first-order valence-corrected chi connectivity index (χ1v) is 7.71. The molecule has 0 saturated carbocycles. The maximum absolute atomic E-state index is 12.2. The van der Waals surface area contributed by atoms with Crippen LogP contribution in [0.4, 0.5) is 5.69 Å². The lowest BCUT2D eigenvalue weighted by molar-refractivity contribution is -0.116. The van der Waals surface area contributed by atoms with Crippen molar-refractivity contribution in [1.82, 2.24) is 9.78 Å². The van der Waals surface area contributed by atoms with Gasteiger partial charge in [0.1, 0.15) is 12.3 Å². The third-order valence-corrected chi connectivity index (χ3v) is 4.82. The van der Waals surface area contributed by atoms with Crippen LogP contribution in [0, 0.1) is 17.4 Å². The molecule has 7 heteroatoms. The number of hydrogen-bond acceptors (Lipinski definition) is 3. The molecule has 0 atom stereocenters. The van der Waals surface area contributed by atoms with Crippen LogP contribution in [0.1, 0.15) is 11.4 Å². The van der Waals surface area contributed by atoms with Crippen LogP contribution in [0.3, 0.4) is 0 Å². The molecule has 1 N–H and O–H groups in total. The van der Waals surface area contributed by atoms with E-state index in [9.17, 15) is 4.79 Å². The molecular formula is C14H15ClIN3O2. The van der Waals surface area contributed by atoms with Crippen LogP contribution in [0.5, 0.6) is 5.75 Å². The third-order valence-electron chi connectivity index (χ3n) is 3.02. The fraction of sp³-hybridized carbons (Fsp3) is 0.286. The van der Waals surface area contributed by atoms with Crippen molar-refractivity contribution < 1.29 is 9.53 Å². The molecule has 112 valence electrons. The predicted molar refractivity (Wildman–Crippen MR) is 91.1 cm³/mol. The van der Waals surface area contributed by atoms with Crippen LogP contribution in [-0.4, -0.2) is 22.8 Å². The quantitative estimate of drug-likeness (QED) is 0.773. The molecule has 0 saturated heterocycles. The van der Waals surface area contributed by atoms with E-state index >= 15 is 0 Å². The van der Waals surface area contributed by atoms with Crippen LogP contribution >= 0.6 is 34.2 Å². The third kappa shape index (κ3) is 3.68. The summed E-state index contributed by atoms with van der Waals surface area (Å²) < 4.78 is 7.96. The van der Waals surface area contributed by atoms with Gasteiger partial charge in [-0.15, -0.1) is 0 Å². The standard InChI is InChI=1S/C14H15ClIN3O2/c1-8-14(16)9(2)19(18-8)7-13(20)17-11-6-10(15)4-5-12(11)21-3/h4-6H,7H2,1-3H3,(H,17,20). The van der Waals surface area contributed by atoms with Gasteiger partial charge in [-0.05, 0) is 54.6 Å². The number of halogens is 2. The minimum Gasteiger partial charge on any atom is -0.495 e. The van der Waals surface area contributed by atoms with E-state index in [0.29, 0.717) is 16.5 Å². The second-order valence-electron chi connectivity index (χ2n) is 4.54. The van der Waals surface area contributed by atoms with E-state index in [1.165, 1.54) is 0 Å². The Bertz CT molecular complexity index is 685. The van der Waals surface area contributed by atoms with Crippen molar-refractivity contribution in [2.75, 3.05) is 12.4 Å². The molecule has 0 bridgehead atoms. The zero-order valence-electron chi connectivity index (χ0n) is 11.9. The molecular weight excluding hydrogens is 405 g/mol. The van der Waals surface area contributed by atoms with Gasteiger partial charge in [0.05, 0.1) is 22.1 Å². The number of benzene rings is 1. The fourth-order valence-electron chi connectivity index (χ4n) is 1.93. The van der Waals surface area contributed by atoms with Crippen LogP contribution in [0.25, 0.3) is 0 Å². The SMILES string of the molecule is COc1ccc(Cl)cc1NC(=O)Cn1nc(C)c(I)c1C. The summed E-state index contributed by atoms with van der Waals surface area (Å²) in [7, 11) is 1.54. The number of ether oxygens (including phenoxy) is 1. The molecule has 2 rings (SSSR count). The Morgan fingerprint density at radius 1 is 1.48 bits per heavy atom. The number of aryl methyl sites for hydroxylation is 1. The topological polar surface area (TPSA) is 56.1 Å². The molecule has 0 aliphatic carbocycles. The van der Waals surface area contributed by atoms with Crippen molar-refractivity contribution in [3.63, 3.8) is 0 Å². The summed E-state index contributed by atoms with van der Waals surface area (Å²) in [5.41, 5.74) is 2.44. The summed E-state index contributed by atoms with van der Waals surface area (Å²) in [6, 6.07) is 5.08. The van der Waals surface area contributed by atoms with Crippen LogP contribution in [0.15, 0.2) is 18.2 Å². The number of hydrogen-bond donors (Lipinski definition) is 1. The lowest BCUT2D eigenvalue weighted by Crippen LogP contribution is -2.20. The van der Waals surface area contributed by atoms with Gasteiger partial charge >= 0.3 is 0 Å². The van der Waals surface area contributed by atoms with Crippen LogP contribution in [-0.2, 0) is 11.3 Å². The zero-order chi connectivity index (χ0) is 15.6. The molecule has 1 amide bonds. The summed E-state index contributed by atoms with van der Waals surface area (Å²) in [6.45, 7) is 4.00. The molecule has 0 spiro atoms. The van der Waals surface area contributed by atoms with Crippen LogP contribution < -0.4 is 10.1 Å². The van der Waals surface area contributed by atoms with E-state index in [2.05, 4.69) is 33.0 Å². The van der Waals surface area contributed by atoms with Crippen LogP contribution in [0.2, 0.25) is 5.02 Å². The van der Waals surface area contributed by atoms with Crippen molar-refractivity contribution in [3.8, 4) is 5.75 Å². The highest BCUT2D eigenvalue weighted by Gasteiger charge is 2.13. The van der Waals surface area contributed by atoms with E-state index in [1.807, 2.05) is 13.8 Å². The molecule has 0 fully saturated rings. The van der Waals surface area contributed by atoms with E-state index in [-0.39, 0.29) is 12.5 Å². The Kier molecular flexibility index (Phi) is 5.10. The first-order chi connectivity index (χ1) is 9.92. The minimum atomic E-state index is -0.183. The highest BCUT2D eigenvalue weighted by molar-refractivity contribution is 14.1. The Balaban J connectivity index is 2.15. The second kappa shape index (κ2) is 6.65. The average Bonchev–Trinajstić information content (AvgIpc) is 2.66. The molecule has 0 aliphatic rings. The number of amides is 1. The van der Waals surface area contributed by atoms with E-state index in [0.717, 1.165) is 15.0 Å². The van der Waals surface area contributed by atoms with Gasteiger partial charge in [0.25, 0.3) is 0 Å². The number of carbonyl (C=O) groups is 1. The molecule has 2 aromatic rings. The Morgan fingerprint density at radius 3 is 2.76 bits per heavy atom. The normalized spacial score (nSPS) is 10.5. The summed E-state index contributed by atoms with van der Waals surface area (Å²) in [5.74, 6) is 0.383. The predicted octanol–water partition coefficient (Wildman–Crippen LogP) is 3.41. The molecule has 21 heavy (non-hydrogen) atoms. The smallest absolute Gasteiger partial charge is 0.246 e. The van der Waals surface area contributed by atoms with Crippen molar-refractivity contribution in [1.29, 1.82) is 0 Å². The maximum atomic E-state index is 12.2. The largest absolute Gasteiger partial charge is 0.495 e. The summed E-state index contributed by atoms with van der Waals surface area (Å²) in [5, 5.41) is 7.67. The average molecular weight is 420 g/mol. The lowest BCUT2D eigenvalue weighted by atomic mass is 10.3. The molecule has 0 unspecified atom stereocenters. The van der Waals surface area contributed by atoms with Crippen molar-refractivity contribution >= 4 is 45.8 Å². The van der Waals surface area contributed by atoms with Gasteiger partial charge in [0.2, 0.25) is 5.91 Å². The Hall–Kier alpha value is -1.28. The van der Waals surface area contributed by atoms with E-state index in [4.69, 9.17) is 16.3 Å². The zero-order valence-corrected chi connectivity index (χ0v) is 14.8. The summed E-state index contributed by atoms with van der Waals surface area (Å²) in [4.78, 5) is 12.2. The number of carbonyl (C=O) groups excluding carboxylic acids is 1. The number of nitrogens with one attached hydrogen (secondary N) is 1. The first-order valence-electron chi connectivity index (χ1n) is 6.25. The molecule has 0 radical (unpaired) electrons. The molecule has 1 aromatic heterocycles. The summed E-state index contributed by atoms with van der Waals surface area (Å²) in [6.07, 6.45) is 0. The summed E-state index contributed by atoms with van der Waals surface area (Å²) >= 11 is 8.16. The monoisotopic (exact) mass is 419 g/mol. The van der Waals surface area contributed by atoms with Gasteiger partial charge in [-0.1, -0.05) is 11.6 Å². The highest BCUT2D eigenvalue weighted by atomic mass is 127. The highest BCUT2D eigenvalue weighted by Crippen LogP contribution is 2.27. The molecule has 0 aliphatic heterocycles. The minimum absolute atomic E-state index is 0.144. The van der Waals surface area contributed by atoms with Gasteiger partial charge in [0.15, 0.2) is 0 Å². The van der Waals surface area contributed by atoms with E-state index in [1.54, 1.807) is 30.0 Å². The molecule has 1 heterocycles. The number of rotatable bonds is 4. The number of nitrogens with zero attached hydrogens (tertiary/aromatic N) is 2.